The molecule has 2 N–H and O–H groups in total. The van der Waals surface area contributed by atoms with Gasteiger partial charge in [-0.05, 0) is 12.3 Å². The summed E-state index contributed by atoms with van der Waals surface area (Å²) in [4.78, 5) is 24.2. The molecule has 0 aromatic carbocycles. The summed E-state index contributed by atoms with van der Waals surface area (Å²) < 4.78 is 0. The van der Waals surface area contributed by atoms with Crippen LogP contribution in [0.1, 0.15) is 40.0 Å². The van der Waals surface area contributed by atoms with Gasteiger partial charge in [0.2, 0.25) is 0 Å². The maximum Gasteiger partial charge on any atom is 0.317 e. The van der Waals surface area contributed by atoms with Gasteiger partial charge in [0.1, 0.15) is 0 Å². The lowest BCUT2D eigenvalue weighted by Gasteiger charge is -2.41. The van der Waals surface area contributed by atoms with Crippen molar-refractivity contribution in [1.29, 1.82) is 0 Å². The van der Waals surface area contributed by atoms with E-state index >= 15 is 0 Å². The number of unbranched alkanes of at least 4 members (excludes halogenated alkanes) is 1. The van der Waals surface area contributed by atoms with Crippen LogP contribution in [0.5, 0.6) is 0 Å². The average molecular weight is 270 g/mol. The third kappa shape index (κ3) is 5.09. The molecule has 5 heteroatoms. The summed E-state index contributed by atoms with van der Waals surface area (Å²) in [6, 6.07) is -0.0571. The van der Waals surface area contributed by atoms with Crippen LogP contribution >= 0.6 is 0 Å². The molecule has 0 aromatic heterocycles. The highest BCUT2D eigenvalue weighted by Crippen LogP contribution is 2.23. The van der Waals surface area contributed by atoms with E-state index in [2.05, 4.69) is 19.2 Å². The monoisotopic (exact) mass is 270 g/mol. The predicted molar refractivity (Wildman–Crippen MR) is 74.0 cm³/mol. The molecule has 0 aromatic rings. The zero-order chi connectivity index (χ0) is 14.4. The van der Waals surface area contributed by atoms with Crippen molar-refractivity contribution in [2.24, 2.45) is 17.8 Å². The number of hydrogen-bond acceptors (Lipinski definition) is 2. The van der Waals surface area contributed by atoms with Gasteiger partial charge in [0.25, 0.3) is 0 Å². The van der Waals surface area contributed by atoms with Crippen molar-refractivity contribution in [1.82, 2.24) is 10.2 Å². The number of carboxylic acids is 1. The standard InChI is InChI=1S/C14H26N2O3/c1-10(2)6-4-5-7-15-14(19)16-8-12(9-16)11(3)13(17)18/h10-12H,4-9H2,1-3H3,(H,15,19)(H,17,18). The molecular formula is C14H26N2O3. The highest BCUT2D eigenvalue weighted by atomic mass is 16.4. The van der Waals surface area contributed by atoms with Gasteiger partial charge in [0.15, 0.2) is 0 Å². The molecule has 1 atom stereocenters. The molecule has 1 unspecified atom stereocenters. The van der Waals surface area contributed by atoms with E-state index in [0.29, 0.717) is 25.6 Å². The third-order valence-corrected chi connectivity index (χ3v) is 3.78. The first-order chi connectivity index (χ1) is 8.91. The Labute approximate surface area is 115 Å². The van der Waals surface area contributed by atoms with Crippen molar-refractivity contribution in [2.45, 2.75) is 40.0 Å². The predicted octanol–water partition coefficient (Wildman–Crippen LogP) is 2.17. The van der Waals surface area contributed by atoms with Gasteiger partial charge in [-0.3, -0.25) is 4.79 Å². The fourth-order valence-corrected chi connectivity index (χ4v) is 2.18. The van der Waals surface area contributed by atoms with Gasteiger partial charge in [0, 0.05) is 25.6 Å². The van der Waals surface area contributed by atoms with Gasteiger partial charge in [-0.15, -0.1) is 0 Å². The molecule has 5 nitrogen and oxygen atoms in total. The van der Waals surface area contributed by atoms with E-state index in [4.69, 9.17) is 5.11 Å². The Hall–Kier alpha value is -1.26. The van der Waals surface area contributed by atoms with E-state index in [1.165, 1.54) is 6.42 Å². The van der Waals surface area contributed by atoms with Crippen LogP contribution in [0.3, 0.4) is 0 Å². The minimum atomic E-state index is -0.779. The van der Waals surface area contributed by atoms with Crippen LogP contribution in [0.15, 0.2) is 0 Å². The number of nitrogens with zero attached hydrogens (tertiary/aromatic N) is 1. The highest BCUT2D eigenvalue weighted by Gasteiger charge is 2.36. The number of carboxylic acid groups (broad SMARTS) is 1. The zero-order valence-corrected chi connectivity index (χ0v) is 12.2. The van der Waals surface area contributed by atoms with Crippen LogP contribution < -0.4 is 5.32 Å². The first-order valence-corrected chi connectivity index (χ1v) is 7.17. The van der Waals surface area contributed by atoms with Crippen molar-refractivity contribution in [3.05, 3.63) is 0 Å². The summed E-state index contributed by atoms with van der Waals surface area (Å²) >= 11 is 0. The Balaban J connectivity index is 2.08. The summed E-state index contributed by atoms with van der Waals surface area (Å²) in [5, 5.41) is 11.8. The minimum Gasteiger partial charge on any atom is -0.481 e. The van der Waals surface area contributed by atoms with Gasteiger partial charge < -0.3 is 15.3 Å². The number of nitrogens with one attached hydrogen (secondary N) is 1. The van der Waals surface area contributed by atoms with Gasteiger partial charge in [-0.2, -0.15) is 0 Å². The Bertz CT molecular complexity index is 312. The smallest absolute Gasteiger partial charge is 0.317 e. The Morgan fingerprint density at radius 3 is 2.42 bits per heavy atom. The lowest BCUT2D eigenvalue weighted by molar-refractivity contribution is -0.144. The summed E-state index contributed by atoms with van der Waals surface area (Å²) in [5.74, 6) is -0.331. The van der Waals surface area contributed by atoms with Crippen LogP contribution in [0.2, 0.25) is 0 Å². The topological polar surface area (TPSA) is 69.6 Å². The number of likely N-dealkylation sites (tertiary alicyclic amines) is 1. The summed E-state index contributed by atoms with van der Waals surface area (Å²) in [6.45, 7) is 7.93. The first kappa shape index (κ1) is 15.8. The maximum atomic E-state index is 11.7. The molecule has 0 radical (unpaired) electrons. The third-order valence-electron chi connectivity index (χ3n) is 3.78. The highest BCUT2D eigenvalue weighted by molar-refractivity contribution is 5.76. The van der Waals surface area contributed by atoms with Gasteiger partial charge in [-0.1, -0.05) is 33.6 Å². The van der Waals surface area contributed by atoms with Crippen molar-refractivity contribution >= 4 is 12.0 Å². The van der Waals surface area contributed by atoms with Crippen molar-refractivity contribution in [3.8, 4) is 0 Å². The molecule has 1 saturated heterocycles. The van der Waals surface area contributed by atoms with Crippen LogP contribution in [-0.4, -0.2) is 41.6 Å². The Morgan fingerprint density at radius 1 is 1.26 bits per heavy atom. The fraction of sp³-hybridized carbons (Fsp3) is 0.857. The number of aliphatic carboxylic acids is 1. The average Bonchev–Trinajstić information content (AvgIpc) is 2.25. The van der Waals surface area contributed by atoms with Crippen molar-refractivity contribution in [2.75, 3.05) is 19.6 Å². The zero-order valence-electron chi connectivity index (χ0n) is 12.2. The summed E-state index contributed by atoms with van der Waals surface area (Å²) in [7, 11) is 0. The van der Waals surface area contributed by atoms with Crippen LogP contribution in [0.4, 0.5) is 4.79 Å². The van der Waals surface area contributed by atoms with E-state index in [9.17, 15) is 9.59 Å². The molecule has 1 aliphatic heterocycles. The fourth-order valence-electron chi connectivity index (χ4n) is 2.18. The summed E-state index contributed by atoms with van der Waals surface area (Å²) in [5.41, 5.74) is 0. The van der Waals surface area contributed by atoms with E-state index < -0.39 is 5.97 Å². The number of rotatable bonds is 7. The first-order valence-electron chi connectivity index (χ1n) is 7.17. The molecule has 1 aliphatic rings. The number of amides is 2. The molecule has 1 fully saturated rings. The van der Waals surface area contributed by atoms with Gasteiger partial charge >= 0.3 is 12.0 Å². The number of hydrogen-bond donors (Lipinski definition) is 2. The molecular weight excluding hydrogens is 244 g/mol. The second-order valence-electron chi connectivity index (χ2n) is 5.91. The summed E-state index contributed by atoms with van der Waals surface area (Å²) in [6.07, 6.45) is 3.33. The Morgan fingerprint density at radius 2 is 1.89 bits per heavy atom. The lowest BCUT2D eigenvalue weighted by atomic mass is 9.87. The molecule has 110 valence electrons. The van der Waals surface area contributed by atoms with E-state index in [-0.39, 0.29) is 17.9 Å². The van der Waals surface area contributed by atoms with Gasteiger partial charge in [0.05, 0.1) is 5.92 Å². The molecule has 0 spiro atoms. The quantitative estimate of drug-likeness (QED) is 0.697. The Kier molecular flexibility index (Phi) is 6.12. The molecule has 2 amide bonds. The number of carbonyl (C=O) groups excluding carboxylic acids is 1. The molecule has 1 rings (SSSR count). The second kappa shape index (κ2) is 7.36. The van der Waals surface area contributed by atoms with E-state index in [1.54, 1.807) is 11.8 Å². The molecule has 1 heterocycles. The van der Waals surface area contributed by atoms with E-state index in [1.807, 2.05) is 0 Å². The van der Waals surface area contributed by atoms with Crippen LogP contribution in [0.25, 0.3) is 0 Å². The van der Waals surface area contributed by atoms with Gasteiger partial charge in [-0.25, -0.2) is 4.79 Å². The normalized spacial score (nSPS) is 17.2. The molecule has 19 heavy (non-hydrogen) atoms. The SMILES string of the molecule is CC(C)CCCCNC(=O)N1CC(C(C)C(=O)O)C1. The lowest BCUT2D eigenvalue weighted by Crippen LogP contribution is -2.56. The largest absolute Gasteiger partial charge is 0.481 e. The maximum absolute atomic E-state index is 11.7. The van der Waals surface area contributed by atoms with E-state index in [0.717, 1.165) is 12.8 Å². The molecule has 0 saturated carbocycles. The second-order valence-corrected chi connectivity index (χ2v) is 5.91. The van der Waals surface area contributed by atoms with Crippen molar-refractivity contribution < 1.29 is 14.7 Å². The number of urea groups is 1. The molecule has 0 bridgehead atoms. The van der Waals surface area contributed by atoms with Crippen LogP contribution in [-0.2, 0) is 4.79 Å². The van der Waals surface area contributed by atoms with Crippen molar-refractivity contribution in [3.63, 3.8) is 0 Å². The van der Waals surface area contributed by atoms with Crippen LogP contribution in [0, 0.1) is 17.8 Å². The minimum absolute atomic E-state index is 0.0571. The number of carbonyl (C=O) groups is 2. The molecule has 0 aliphatic carbocycles.